The minimum Gasteiger partial charge on any atom is -0.396 e. The number of hydrogen-bond acceptors (Lipinski definition) is 2. The van der Waals surface area contributed by atoms with Gasteiger partial charge in [0, 0.05) is 25.5 Å². The Balaban J connectivity index is 2.43. The van der Waals surface area contributed by atoms with Gasteiger partial charge in [0.2, 0.25) is 0 Å². The van der Waals surface area contributed by atoms with E-state index >= 15 is 0 Å². The lowest BCUT2D eigenvalue weighted by Gasteiger charge is -2.05. The third-order valence-electron chi connectivity index (χ3n) is 2.82. The number of aliphatic hydroxyl groups is 1. The van der Waals surface area contributed by atoms with E-state index in [0.29, 0.717) is 6.42 Å². The van der Waals surface area contributed by atoms with Crippen LogP contribution in [0.4, 0.5) is 0 Å². The molecule has 2 aromatic rings. The van der Waals surface area contributed by atoms with Crippen LogP contribution in [0.3, 0.4) is 0 Å². The summed E-state index contributed by atoms with van der Waals surface area (Å²) in [6.45, 7) is 2.05. The Labute approximate surface area is 99.8 Å². The average molecular weight is 232 g/mol. The molecule has 0 amide bonds. The van der Waals surface area contributed by atoms with Crippen LogP contribution in [0.5, 0.6) is 0 Å². The monoisotopic (exact) mass is 232 g/mol. The molecule has 0 aliphatic carbocycles. The molecule has 0 saturated heterocycles. The van der Waals surface area contributed by atoms with Crippen molar-refractivity contribution in [1.82, 2.24) is 9.13 Å². The summed E-state index contributed by atoms with van der Waals surface area (Å²) in [6.07, 6.45) is 2.45. The van der Waals surface area contributed by atoms with Crippen LogP contribution in [-0.2, 0) is 13.5 Å². The van der Waals surface area contributed by atoms with Crippen molar-refractivity contribution in [3.8, 4) is 5.69 Å². The second kappa shape index (κ2) is 4.59. The summed E-state index contributed by atoms with van der Waals surface area (Å²) in [6, 6.07) is 7.67. The molecule has 0 saturated carbocycles. The highest BCUT2D eigenvalue weighted by Gasteiger charge is 2.07. The molecule has 1 heterocycles. The molecular weight excluding hydrogens is 216 g/mol. The van der Waals surface area contributed by atoms with Crippen LogP contribution in [-0.4, -0.2) is 20.8 Å². The van der Waals surface area contributed by atoms with Crippen molar-refractivity contribution in [2.24, 2.45) is 7.05 Å². The number of aromatic nitrogens is 2. The molecule has 1 N–H and O–H groups in total. The fraction of sp³-hybridized carbons (Fsp3) is 0.308. The zero-order chi connectivity index (χ0) is 12.4. The molecule has 2 rings (SSSR count). The van der Waals surface area contributed by atoms with Gasteiger partial charge < -0.3 is 9.67 Å². The summed E-state index contributed by atoms with van der Waals surface area (Å²) in [5, 5.41) is 8.84. The van der Waals surface area contributed by atoms with Gasteiger partial charge in [-0.25, -0.2) is 4.79 Å². The topological polar surface area (TPSA) is 47.2 Å². The van der Waals surface area contributed by atoms with E-state index in [1.54, 1.807) is 16.2 Å². The minimum atomic E-state index is -0.0441. The molecule has 0 bridgehead atoms. The highest BCUT2D eigenvalue weighted by Crippen LogP contribution is 2.10. The molecule has 1 aromatic heterocycles. The Morgan fingerprint density at radius 1 is 1.24 bits per heavy atom. The maximum atomic E-state index is 11.9. The van der Waals surface area contributed by atoms with Gasteiger partial charge in [0.15, 0.2) is 0 Å². The molecule has 0 fully saturated rings. The van der Waals surface area contributed by atoms with Gasteiger partial charge in [-0.2, -0.15) is 0 Å². The van der Waals surface area contributed by atoms with Crippen LogP contribution < -0.4 is 5.69 Å². The van der Waals surface area contributed by atoms with Crippen LogP contribution in [0.25, 0.3) is 5.69 Å². The van der Waals surface area contributed by atoms with Gasteiger partial charge >= 0.3 is 5.69 Å². The van der Waals surface area contributed by atoms with Gasteiger partial charge in [0.1, 0.15) is 0 Å². The van der Waals surface area contributed by atoms with Crippen molar-refractivity contribution in [2.45, 2.75) is 13.3 Å². The summed E-state index contributed by atoms with van der Waals surface area (Å²) >= 11 is 0. The molecular formula is C13H16N2O2. The summed E-state index contributed by atoms with van der Waals surface area (Å²) in [5.74, 6) is 0. The predicted octanol–water partition coefficient (Wildman–Crippen LogP) is 1.02. The fourth-order valence-corrected chi connectivity index (χ4v) is 1.96. The van der Waals surface area contributed by atoms with Gasteiger partial charge in [-0.1, -0.05) is 12.1 Å². The van der Waals surface area contributed by atoms with E-state index in [1.165, 1.54) is 0 Å². The van der Waals surface area contributed by atoms with E-state index in [2.05, 4.69) is 0 Å². The first-order valence-corrected chi connectivity index (χ1v) is 5.58. The van der Waals surface area contributed by atoms with E-state index in [0.717, 1.165) is 16.9 Å². The standard InChI is InChI=1S/C13H16N2O2/c1-10-9-14(2)13(17)15(10)12-5-3-11(4-6-12)7-8-16/h3-6,9,16H,7-8H2,1-2H3. The summed E-state index contributed by atoms with van der Waals surface area (Å²) in [5.41, 5.74) is 2.79. The molecule has 0 atom stereocenters. The van der Waals surface area contributed by atoms with Crippen LogP contribution >= 0.6 is 0 Å². The number of benzene rings is 1. The van der Waals surface area contributed by atoms with Crippen LogP contribution in [0.15, 0.2) is 35.3 Å². The van der Waals surface area contributed by atoms with Gasteiger partial charge in [0.25, 0.3) is 0 Å². The first-order chi connectivity index (χ1) is 8.13. The van der Waals surface area contributed by atoms with E-state index in [9.17, 15) is 4.79 Å². The molecule has 0 aliphatic heterocycles. The number of aryl methyl sites for hydroxylation is 2. The van der Waals surface area contributed by atoms with E-state index in [-0.39, 0.29) is 12.3 Å². The summed E-state index contributed by atoms with van der Waals surface area (Å²) < 4.78 is 3.24. The molecule has 0 radical (unpaired) electrons. The fourth-order valence-electron chi connectivity index (χ4n) is 1.96. The maximum Gasteiger partial charge on any atom is 0.332 e. The zero-order valence-corrected chi connectivity index (χ0v) is 10.1. The van der Waals surface area contributed by atoms with Crippen molar-refractivity contribution in [3.63, 3.8) is 0 Å². The Morgan fingerprint density at radius 2 is 1.88 bits per heavy atom. The number of nitrogens with zero attached hydrogens (tertiary/aromatic N) is 2. The Kier molecular flexibility index (Phi) is 3.15. The highest BCUT2D eigenvalue weighted by molar-refractivity contribution is 5.36. The lowest BCUT2D eigenvalue weighted by Crippen LogP contribution is -2.21. The Morgan fingerprint density at radius 3 is 2.35 bits per heavy atom. The summed E-state index contributed by atoms with van der Waals surface area (Å²) in [4.78, 5) is 11.9. The molecule has 0 spiro atoms. The van der Waals surface area contributed by atoms with E-state index in [1.807, 2.05) is 37.4 Å². The molecule has 90 valence electrons. The largest absolute Gasteiger partial charge is 0.396 e. The first kappa shape index (κ1) is 11.7. The molecule has 0 unspecified atom stereocenters. The van der Waals surface area contributed by atoms with Crippen molar-refractivity contribution < 1.29 is 5.11 Å². The SMILES string of the molecule is Cc1cn(C)c(=O)n1-c1ccc(CCO)cc1. The molecule has 4 nitrogen and oxygen atoms in total. The van der Waals surface area contributed by atoms with Gasteiger partial charge in [-0.15, -0.1) is 0 Å². The molecule has 1 aromatic carbocycles. The van der Waals surface area contributed by atoms with Crippen LogP contribution in [0, 0.1) is 6.92 Å². The predicted molar refractivity (Wildman–Crippen MR) is 66.5 cm³/mol. The van der Waals surface area contributed by atoms with Crippen molar-refractivity contribution >= 4 is 0 Å². The van der Waals surface area contributed by atoms with Crippen LogP contribution in [0.1, 0.15) is 11.3 Å². The smallest absolute Gasteiger partial charge is 0.332 e. The Bertz CT molecular complexity index is 564. The van der Waals surface area contributed by atoms with E-state index < -0.39 is 0 Å². The summed E-state index contributed by atoms with van der Waals surface area (Å²) in [7, 11) is 1.74. The third-order valence-corrected chi connectivity index (χ3v) is 2.82. The normalized spacial score (nSPS) is 10.8. The van der Waals surface area contributed by atoms with Crippen molar-refractivity contribution in [2.75, 3.05) is 6.61 Å². The number of imidazole rings is 1. The van der Waals surface area contributed by atoms with E-state index in [4.69, 9.17) is 5.11 Å². The quantitative estimate of drug-likeness (QED) is 0.858. The average Bonchev–Trinajstić information content (AvgIpc) is 2.55. The van der Waals surface area contributed by atoms with Gasteiger partial charge in [-0.3, -0.25) is 4.57 Å². The van der Waals surface area contributed by atoms with Crippen molar-refractivity contribution in [1.29, 1.82) is 0 Å². The third kappa shape index (κ3) is 2.17. The first-order valence-electron chi connectivity index (χ1n) is 5.58. The lowest BCUT2D eigenvalue weighted by molar-refractivity contribution is 0.299. The second-order valence-electron chi connectivity index (χ2n) is 4.14. The molecule has 17 heavy (non-hydrogen) atoms. The van der Waals surface area contributed by atoms with Crippen molar-refractivity contribution in [3.05, 3.63) is 52.2 Å². The van der Waals surface area contributed by atoms with Gasteiger partial charge in [-0.05, 0) is 31.0 Å². The maximum absolute atomic E-state index is 11.9. The number of hydrogen-bond donors (Lipinski definition) is 1. The molecule has 0 aliphatic rings. The Hall–Kier alpha value is -1.81. The minimum absolute atomic E-state index is 0.0441. The lowest BCUT2D eigenvalue weighted by atomic mass is 10.1. The zero-order valence-electron chi connectivity index (χ0n) is 10.1. The highest BCUT2D eigenvalue weighted by atomic mass is 16.2. The van der Waals surface area contributed by atoms with Gasteiger partial charge in [0.05, 0.1) is 5.69 Å². The van der Waals surface area contributed by atoms with Crippen LogP contribution in [0.2, 0.25) is 0 Å². The second-order valence-corrected chi connectivity index (χ2v) is 4.14. The number of rotatable bonds is 3. The molecule has 4 heteroatoms. The number of aliphatic hydroxyl groups excluding tert-OH is 1.